The Balaban J connectivity index is 1.44. The maximum Gasteiger partial charge on any atom is 0.148 e. The Kier molecular flexibility index (Phi) is 4.65. The van der Waals surface area contributed by atoms with Gasteiger partial charge in [0.1, 0.15) is 35.5 Å². The van der Waals surface area contributed by atoms with Crippen molar-refractivity contribution in [2.45, 2.75) is 0 Å². The Morgan fingerprint density at radius 2 is 1.82 bits per heavy atom. The molecule has 1 aliphatic heterocycles. The van der Waals surface area contributed by atoms with Gasteiger partial charge in [0, 0.05) is 7.05 Å². The number of fused-ring (bicyclic) bond motifs is 1. The Morgan fingerprint density at radius 3 is 2.54 bits per heavy atom. The topological polar surface area (TPSA) is 83.6 Å². The Morgan fingerprint density at radius 1 is 1.11 bits per heavy atom. The molecule has 2 aromatic carbocycles. The van der Waals surface area contributed by atoms with E-state index in [4.69, 9.17) is 14.9 Å². The quantitative estimate of drug-likeness (QED) is 0.688. The number of aliphatic hydroxyl groups excluding tert-OH is 1. The molecule has 0 atom stereocenters. The lowest BCUT2D eigenvalue weighted by Gasteiger charge is -2.19. The summed E-state index contributed by atoms with van der Waals surface area (Å²) in [5, 5.41) is 19.0. The third-order valence-corrected chi connectivity index (χ3v) is 4.88. The summed E-state index contributed by atoms with van der Waals surface area (Å²) in [5.41, 5.74) is 2.28. The SMILES string of the molecule is COc1ccc(OCCN2CC(O)=C(c3nc4ccccc4n3C)C2=N)cc1. The molecule has 28 heavy (non-hydrogen) atoms. The molecule has 2 N–H and O–H groups in total. The average molecular weight is 378 g/mol. The molecule has 144 valence electrons. The number of hydrogen-bond acceptors (Lipinski definition) is 5. The summed E-state index contributed by atoms with van der Waals surface area (Å²) in [6.45, 7) is 1.17. The minimum atomic E-state index is 0.160. The number of methoxy groups -OCH3 is 1. The molecule has 0 saturated carbocycles. The maximum absolute atomic E-state index is 10.5. The van der Waals surface area contributed by atoms with Crippen molar-refractivity contribution in [2.75, 3.05) is 26.8 Å². The number of nitrogens with one attached hydrogen (secondary N) is 1. The van der Waals surface area contributed by atoms with Gasteiger partial charge in [0.2, 0.25) is 0 Å². The number of aromatic nitrogens is 2. The average Bonchev–Trinajstić information content (AvgIpc) is 3.18. The highest BCUT2D eigenvalue weighted by atomic mass is 16.5. The minimum Gasteiger partial charge on any atom is -0.510 e. The summed E-state index contributed by atoms with van der Waals surface area (Å²) >= 11 is 0. The van der Waals surface area contributed by atoms with Crippen molar-refractivity contribution in [3.63, 3.8) is 0 Å². The zero-order valence-electron chi connectivity index (χ0n) is 15.8. The van der Waals surface area contributed by atoms with Gasteiger partial charge in [-0.25, -0.2) is 4.98 Å². The van der Waals surface area contributed by atoms with Crippen molar-refractivity contribution in [1.29, 1.82) is 5.41 Å². The van der Waals surface area contributed by atoms with E-state index in [0.29, 0.717) is 24.5 Å². The number of hydrogen-bond donors (Lipinski definition) is 2. The lowest BCUT2D eigenvalue weighted by atomic mass is 10.2. The zero-order chi connectivity index (χ0) is 19.7. The van der Waals surface area contributed by atoms with Gasteiger partial charge < -0.3 is 24.0 Å². The molecule has 0 spiro atoms. The molecule has 0 saturated heterocycles. The summed E-state index contributed by atoms with van der Waals surface area (Å²) in [6.07, 6.45) is 0. The molecule has 7 heteroatoms. The second-order valence-corrected chi connectivity index (χ2v) is 6.60. The molecule has 2 heterocycles. The summed E-state index contributed by atoms with van der Waals surface area (Å²) in [5.74, 6) is 2.53. The molecule has 0 fully saturated rings. The van der Waals surface area contributed by atoms with Crippen LogP contribution in [0.5, 0.6) is 11.5 Å². The van der Waals surface area contributed by atoms with Gasteiger partial charge in [-0.2, -0.15) is 0 Å². The molecule has 4 rings (SSSR count). The zero-order valence-corrected chi connectivity index (χ0v) is 15.8. The van der Waals surface area contributed by atoms with Crippen LogP contribution >= 0.6 is 0 Å². The standard InChI is InChI=1S/C21H22N4O3/c1-24-17-6-4-3-5-16(17)23-21(24)19-18(26)13-25(20(19)22)11-12-28-15-9-7-14(27-2)8-10-15/h3-10,22,26H,11-13H2,1-2H3. The second-order valence-electron chi connectivity index (χ2n) is 6.60. The number of para-hydroxylation sites is 2. The number of amidine groups is 1. The normalized spacial score (nSPS) is 14.2. The van der Waals surface area contributed by atoms with Gasteiger partial charge in [0.25, 0.3) is 0 Å². The van der Waals surface area contributed by atoms with Crippen LogP contribution in [-0.2, 0) is 7.05 Å². The number of aryl methyl sites for hydroxylation is 1. The van der Waals surface area contributed by atoms with E-state index in [-0.39, 0.29) is 18.1 Å². The first kappa shape index (κ1) is 17.9. The first-order chi connectivity index (χ1) is 13.6. The fraction of sp³-hybridized carbons (Fsp3) is 0.238. The van der Waals surface area contributed by atoms with E-state index >= 15 is 0 Å². The Bertz CT molecular complexity index is 1050. The van der Waals surface area contributed by atoms with Crippen LogP contribution < -0.4 is 9.47 Å². The summed E-state index contributed by atoms with van der Waals surface area (Å²) in [7, 11) is 3.52. The predicted octanol–water partition coefficient (Wildman–Crippen LogP) is 3.22. The molecule has 0 amide bonds. The highest BCUT2D eigenvalue weighted by molar-refractivity contribution is 6.23. The van der Waals surface area contributed by atoms with Crippen LogP contribution in [0.1, 0.15) is 5.82 Å². The monoisotopic (exact) mass is 378 g/mol. The van der Waals surface area contributed by atoms with Gasteiger partial charge in [-0.05, 0) is 36.4 Å². The van der Waals surface area contributed by atoms with E-state index in [1.165, 1.54) is 0 Å². The molecule has 3 aromatic rings. The minimum absolute atomic E-state index is 0.160. The Labute approximate surface area is 162 Å². The molecule has 0 aliphatic carbocycles. The highest BCUT2D eigenvalue weighted by Gasteiger charge is 2.31. The van der Waals surface area contributed by atoms with Crippen LogP contribution in [-0.4, -0.2) is 52.2 Å². The van der Waals surface area contributed by atoms with Crippen LogP contribution in [0.3, 0.4) is 0 Å². The predicted molar refractivity (Wildman–Crippen MR) is 108 cm³/mol. The number of aliphatic hydroxyl groups is 1. The van der Waals surface area contributed by atoms with E-state index in [1.807, 2.05) is 60.1 Å². The van der Waals surface area contributed by atoms with E-state index in [9.17, 15) is 5.11 Å². The molecule has 0 radical (unpaired) electrons. The molecule has 0 bridgehead atoms. The number of ether oxygens (including phenoxy) is 2. The van der Waals surface area contributed by atoms with Crippen LogP contribution in [0.15, 0.2) is 54.3 Å². The van der Waals surface area contributed by atoms with Crippen molar-refractivity contribution in [3.05, 3.63) is 60.1 Å². The van der Waals surface area contributed by atoms with Crippen LogP contribution in [0, 0.1) is 5.41 Å². The summed E-state index contributed by atoms with van der Waals surface area (Å²) in [4.78, 5) is 6.39. The molecule has 7 nitrogen and oxygen atoms in total. The lowest BCUT2D eigenvalue weighted by Crippen LogP contribution is -2.31. The van der Waals surface area contributed by atoms with Gasteiger partial charge in [-0.3, -0.25) is 5.41 Å². The largest absolute Gasteiger partial charge is 0.510 e. The van der Waals surface area contributed by atoms with Gasteiger partial charge in [0.05, 0.1) is 36.8 Å². The van der Waals surface area contributed by atoms with Gasteiger partial charge in [0.15, 0.2) is 0 Å². The summed E-state index contributed by atoms with van der Waals surface area (Å²) in [6, 6.07) is 15.1. The fourth-order valence-corrected chi connectivity index (χ4v) is 3.37. The highest BCUT2D eigenvalue weighted by Crippen LogP contribution is 2.28. The molecular formula is C21H22N4O3. The third kappa shape index (κ3) is 3.15. The maximum atomic E-state index is 10.5. The molecule has 1 aromatic heterocycles. The number of rotatable bonds is 6. The second kappa shape index (κ2) is 7.26. The van der Waals surface area contributed by atoms with Crippen molar-refractivity contribution in [1.82, 2.24) is 14.5 Å². The third-order valence-electron chi connectivity index (χ3n) is 4.88. The Hall–Kier alpha value is -3.48. The van der Waals surface area contributed by atoms with E-state index in [1.54, 1.807) is 12.0 Å². The number of nitrogens with zero attached hydrogens (tertiary/aromatic N) is 3. The fourth-order valence-electron chi connectivity index (χ4n) is 3.37. The van der Waals surface area contributed by atoms with Crippen LogP contribution in [0.4, 0.5) is 0 Å². The van der Waals surface area contributed by atoms with Crippen molar-refractivity contribution in [2.24, 2.45) is 7.05 Å². The molecule has 1 aliphatic rings. The van der Waals surface area contributed by atoms with Crippen molar-refractivity contribution >= 4 is 22.4 Å². The van der Waals surface area contributed by atoms with Gasteiger partial charge in [-0.15, -0.1) is 0 Å². The number of benzene rings is 2. The molecule has 0 unspecified atom stereocenters. The first-order valence-corrected chi connectivity index (χ1v) is 9.03. The van der Waals surface area contributed by atoms with E-state index in [2.05, 4.69) is 4.98 Å². The lowest BCUT2D eigenvalue weighted by molar-refractivity contribution is 0.265. The first-order valence-electron chi connectivity index (χ1n) is 9.03. The van der Waals surface area contributed by atoms with Gasteiger partial charge in [-0.1, -0.05) is 12.1 Å². The van der Waals surface area contributed by atoms with Crippen molar-refractivity contribution < 1.29 is 14.6 Å². The van der Waals surface area contributed by atoms with Crippen molar-refractivity contribution in [3.8, 4) is 11.5 Å². The van der Waals surface area contributed by atoms with Crippen LogP contribution in [0.2, 0.25) is 0 Å². The van der Waals surface area contributed by atoms with Crippen LogP contribution in [0.25, 0.3) is 16.6 Å². The van der Waals surface area contributed by atoms with Gasteiger partial charge >= 0.3 is 0 Å². The number of imidazole rings is 1. The van der Waals surface area contributed by atoms with E-state index in [0.717, 1.165) is 22.5 Å². The smallest absolute Gasteiger partial charge is 0.148 e. The van der Waals surface area contributed by atoms with E-state index < -0.39 is 0 Å². The summed E-state index contributed by atoms with van der Waals surface area (Å²) < 4.78 is 12.8. The molecular weight excluding hydrogens is 356 g/mol.